The molecule has 1 aromatic carbocycles. The van der Waals surface area contributed by atoms with Crippen LogP contribution in [0.4, 0.5) is 0 Å². The van der Waals surface area contributed by atoms with Gasteiger partial charge in [0.25, 0.3) is 0 Å². The molecule has 0 heterocycles. The standard InChI is InChI=1S/C18H20O/c1-2-8-16-13-14-9-6-7-12-17(14)18(16,19)15-10-4-3-5-11-15/h1,6-7,9-10,12,16,19H,3-5,8,11,13H2/t16-,18-/m1/s1. The molecular formula is C18H20O. The van der Waals surface area contributed by atoms with Gasteiger partial charge in [-0.2, -0.15) is 0 Å². The van der Waals surface area contributed by atoms with Gasteiger partial charge in [0.15, 0.2) is 0 Å². The fraction of sp³-hybridized carbons (Fsp3) is 0.444. The van der Waals surface area contributed by atoms with Gasteiger partial charge in [-0.25, -0.2) is 0 Å². The molecule has 0 fully saturated rings. The van der Waals surface area contributed by atoms with E-state index in [9.17, 15) is 5.11 Å². The van der Waals surface area contributed by atoms with E-state index >= 15 is 0 Å². The van der Waals surface area contributed by atoms with Crippen molar-refractivity contribution in [2.24, 2.45) is 5.92 Å². The number of hydrogen-bond acceptors (Lipinski definition) is 1. The van der Waals surface area contributed by atoms with Gasteiger partial charge in [-0.05, 0) is 48.8 Å². The molecule has 98 valence electrons. The fourth-order valence-corrected chi connectivity index (χ4v) is 3.68. The van der Waals surface area contributed by atoms with Crippen molar-refractivity contribution in [2.75, 3.05) is 0 Å². The topological polar surface area (TPSA) is 20.2 Å². The molecule has 0 radical (unpaired) electrons. The zero-order chi connectivity index (χ0) is 13.3. The fourth-order valence-electron chi connectivity index (χ4n) is 3.68. The van der Waals surface area contributed by atoms with Crippen molar-refractivity contribution < 1.29 is 5.11 Å². The van der Waals surface area contributed by atoms with E-state index in [4.69, 9.17) is 6.42 Å². The SMILES string of the molecule is C#CC[C@@H]1Cc2ccccc2[C@@]1(O)C1=CCCCC1. The Balaban J connectivity index is 2.08. The normalized spacial score (nSPS) is 29.5. The highest BCUT2D eigenvalue weighted by Crippen LogP contribution is 2.49. The number of hydrogen-bond donors (Lipinski definition) is 1. The average molecular weight is 252 g/mol. The van der Waals surface area contributed by atoms with Crippen LogP contribution in [0.5, 0.6) is 0 Å². The third kappa shape index (κ3) is 1.91. The first-order valence-electron chi connectivity index (χ1n) is 7.20. The minimum Gasteiger partial charge on any atom is -0.380 e. The molecule has 1 aromatic rings. The number of terminal acetylenes is 1. The Bertz CT molecular complexity index is 549. The summed E-state index contributed by atoms with van der Waals surface area (Å²) < 4.78 is 0. The van der Waals surface area contributed by atoms with Gasteiger partial charge < -0.3 is 5.11 Å². The van der Waals surface area contributed by atoms with Crippen molar-refractivity contribution in [2.45, 2.75) is 44.1 Å². The molecule has 2 atom stereocenters. The Morgan fingerprint density at radius 1 is 1.32 bits per heavy atom. The maximum absolute atomic E-state index is 11.4. The zero-order valence-corrected chi connectivity index (χ0v) is 11.2. The molecule has 19 heavy (non-hydrogen) atoms. The lowest BCUT2D eigenvalue weighted by Gasteiger charge is -2.35. The smallest absolute Gasteiger partial charge is 0.115 e. The van der Waals surface area contributed by atoms with Gasteiger partial charge in [0.2, 0.25) is 0 Å². The molecule has 1 N–H and O–H groups in total. The molecule has 0 unspecified atom stereocenters. The maximum atomic E-state index is 11.4. The van der Waals surface area contributed by atoms with Crippen molar-refractivity contribution >= 4 is 0 Å². The molecule has 0 saturated carbocycles. The van der Waals surface area contributed by atoms with E-state index in [0.29, 0.717) is 6.42 Å². The van der Waals surface area contributed by atoms with Gasteiger partial charge in [0.1, 0.15) is 5.60 Å². The van der Waals surface area contributed by atoms with Crippen LogP contribution in [-0.2, 0) is 12.0 Å². The van der Waals surface area contributed by atoms with Crippen molar-refractivity contribution in [1.82, 2.24) is 0 Å². The van der Waals surface area contributed by atoms with Crippen molar-refractivity contribution in [3.63, 3.8) is 0 Å². The number of allylic oxidation sites excluding steroid dienone is 1. The summed E-state index contributed by atoms with van der Waals surface area (Å²) in [5.74, 6) is 2.89. The highest BCUT2D eigenvalue weighted by atomic mass is 16.3. The van der Waals surface area contributed by atoms with Crippen LogP contribution >= 0.6 is 0 Å². The van der Waals surface area contributed by atoms with Crippen LogP contribution in [0.1, 0.15) is 43.2 Å². The molecule has 0 aromatic heterocycles. The monoisotopic (exact) mass is 252 g/mol. The van der Waals surface area contributed by atoms with Gasteiger partial charge in [-0.15, -0.1) is 12.3 Å². The summed E-state index contributed by atoms with van der Waals surface area (Å²) >= 11 is 0. The Labute approximate surface area is 115 Å². The lowest BCUT2D eigenvalue weighted by atomic mass is 9.75. The zero-order valence-electron chi connectivity index (χ0n) is 11.2. The van der Waals surface area contributed by atoms with E-state index in [2.05, 4.69) is 24.1 Å². The number of aliphatic hydroxyl groups is 1. The molecule has 0 saturated heterocycles. The van der Waals surface area contributed by atoms with Crippen LogP contribution in [0.15, 0.2) is 35.9 Å². The molecule has 2 aliphatic carbocycles. The lowest BCUT2D eigenvalue weighted by Crippen LogP contribution is -2.34. The third-order valence-corrected chi connectivity index (χ3v) is 4.63. The van der Waals surface area contributed by atoms with Crippen LogP contribution in [0.25, 0.3) is 0 Å². The van der Waals surface area contributed by atoms with Gasteiger partial charge in [0.05, 0.1) is 0 Å². The van der Waals surface area contributed by atoms with E-state index in [1.807, 2.05) is 12.1 Å². The molecule has 3 rings (SSSR count). The van der Waals surface area contributed by atoms with Crippen LogP contribution in [0.2, 0.25) is 0 Å². The predicted octanol–water partition coefficient (Wildman–Crippen LogP) is 3.57. The van der Waals surface area contributed by atoms with Gasteiger partial charge >= 0.3 is 0 Å². The second-order valence-electron chi connectivity index (χ2n) is 5.71. The molecular weight excluding hydrogens is 232 g/mol. The van der Waals surface area contributed by atoms with Crippen molar-refractivity contribution in [3.8, 4) is 12.3 Å². The van der Waals surface area contributed by atoms with E-state index in [0.717, 1.165) is 24.8 Å². The first kappa shape index (κ1) is 12.5. The average Bonchev–Trinajstić information content (AvgIpc) is 2.75. The number of benzene rings is 1. The minimum atomic E-state index is -0.816. The van der Waals surface area contributed by atoms with Crippen LogP contribution in [-0.4, -0.2) is 5.11 Å². The van der Waals surface area contributed by atoms with Gasteiger partial charge in [-0.1, -0.05) is 30.3 Å². The molecule has 0 aliphatic heterocycles. The highest BCUT2D eigenvalue weighted by Gasteiger charge is 2.47. The van der Waals surface area contributed by atoms with E-state index in [-0.39, 0.29) is 5.92 Å². The van der Waals surface area contributed by atoms with Crippen molar-refractivity contribution in [3.05, 3.63) is 47.0 Å². The Morgan fingerprint density at radius 2 is 2.16 bits per heavy atom. The van der Waals surface area contributed by atoms with Gasteiger partial charge in [-0.3, -0.25) is 0 Å². The molecule has 0 bridgehead atoms. The summed E-state index contributed by atoms with van der Waals surface area (Å²) in [7, 11) is 0. The molecule has 1 nitrogen and oxygen atoms in total. The van der Waals surface area contributed by atoms with E-state index in [1.54, 1.807) is 0 Å². The molecule has 1 heteroatoms. The second-order valence-corrected chi connectivity index (χ2v) is 5.71. The Kier molecular flexibility index (Phi) is 3.21. The van der Waals surface area contributed by atoms with Crippen LogP contribution in [0.3, 0.4) is 0 Å². The summed E-state index contributed by atoms with van der Waals surface area (Å²) in [6.07, 6.45) is 13.8. The maximum Gasteiger partial charge on any atom is 0.115 e. The largest absolute Gasteiger partial charge is 0.380 e. The second kappa shape index (κ2) is 4.87. The molecule has 0 spiro atoms. The lowest BCUT2D eigenvalue weighted by molar-refractivity contribution is 0.0230. The highest BCUT2D eigenvalue weighted by molar-refractivity contribution is 5.45. The van der Waals surface area contributed by atoms with Crippen molar-refractivity contribution in [1.29, 1.82) is 0 Å². The van der Waals surface area contributed by atoms with Gasteiger partial charge in [0, 0.05) is 12.3 Å². The number of rotatable bonds is 2. The van der Waals surface area contributed by atoms with Crippen LogP contribution < -0.4 is 0 Å². The van der Waals surface area contributed by atoms with E-state index < -0.39 is 5.60 Å². The summed E-state index contributed by atoms with van der Waals surface area (Å²) in [5.41, 5.74) is 2.73. The minimum absolute atomic E-state index is 0.138. The third-order valence-electron chi connectivity index (χ3n) is 4.63. The summed E-state index contributed by atoms with van der Waals surface area (Å²) in [4.78, 5) is 0. The molecule has 2 aliphatic rings. The van der Waals surface area contributed by atoms with Crippen LogP contribution in [0, 0.1) is 18.3 Å². The summed E-state index contributed by atoms with van der Waals surface area (Å²) in [5, 5.41) is 11.4. The first-order valence-corrected chi connectivity index (χ1v) is 7.20. The summed E-state index contributed by atoms with van der Waals surface area (Å²) in [6, 6.07) is 8.26. The molecule has 0 amide bonds. The first-order chi connectivity index (χ1) is 9.26. The number of fused-ring (bicyclic) bond motifs is 1. The summed E-state index contributed by atoms with van der Waals surface area (Å²) in [6.45, 7) is 0. The van der Waals surface area contributed by atoms with E-state index in [1.165, 1.54) is 24.0 Å². The predicted molar refractivity (Wildman–Crippen MR) is 77.5 cm³/mol. The Morgan fingerprint density at radius 3 is 2.89 bits per heavy atom. The quantitative estimate of drug-likeness (QED) is 0.630. The Hall–Kier alpha value is -1.52.